The van der Waals surface area contributed by atoms with E-state index in [1.165, 1.54) is 4.90 Å². The SMILES string of the molecule is N#CC1CC(C=O)CN1C(=O)CC1(C=O)CCC1. The fourth-order valence-electron chi connectivity index (χ4n) is 2.73. The summed E-state index contributed by atoms with van der Waals surface area (Å²) in [5, 5.41) is 9.00. The molecule has 0 aromatic carbocycles. The van der Waals surface area contributed by atoms with Crippen LogP contribution >= 0.6 is 0 Å². The smallest absolute Gasteiger partial charge is 0.224 e. The van der Waals surface area contributed by atoms with Crippen LogP contribution in [0.1, 0.15) is 32.1 Å². The van der Waals surface area contributed by atoms with Crippen molar-refractivity contribution in [1.29, 1.82) is 5.26 Å². The van der Waals surface area contributed by atoms with Gasteiger partial charge in [0.25, 0.3) is 0 Å². The molecule has 0 aromatic rings. The van der Waals surface area contributed by atoms with Crippen molar-refractivity contribution in [2.24, 2.45) is 11.3 Å². The molecule has 2 fully saturated rings. The minimum Gasteiger partial charge on any atom is -0.326 e. The van der Waals surface area contributed by atoms with Crippen molar-refractivity contribution in [1.82, 2.24) is 4.90 Å². The third-order valence-corrected chi connectivity index (χ3v) is 4.10. The highest BCUT2D eigenvalue weighted by Gasteiger charge is 2.42. The van der Waals surface area contributed by atoms with E-state index in [2.05, 4.69) is 6.07 Å². The lowest BCUT2D eigenvalue weighted by molar-refractivity contribution is -0.139. The normalized spacial score (nSPS) is 29.2. The summed E-state index contributed by atoms with van der Waals surface area (Å²) >= 11 is 0. The molecular weight excluding hydrogens is 232 g/mol. The standard InChI is InChI=1S/C13H16N2O3/c14-6-11-4-10(8-16)7-15(11)12(18)5-13(9-17)2-1-3-13/h8-11H,1-5,7H2. The van der Waals surface area contributed by atoms with Gasteiger partial charge in [-0.15, -0.1) is 0 Å². The largest absolute Gasteiger partial charge is 0.326 e. The first-order valence-corrected chi connectivity index (χ1v) is 6.25. The van der Waals surface area contributed by atoms with Gasteiger partial charge in [-0.2, -0.15) is 5.26 Å². The van der Waals surface area contributed by atoms with E-state index in [4.69, 9.17) is 5.26 Å². The molecule has 18 heavy (non-hydrogen) atoms. The Kier molecular flexibility index (Phi) is 3.46. The molecule has 5 nitrogen and oxygen atoms in total. The zero-order valence-electron chi connectivity index (χ0n) is 10.2. The number of rotatable bonds is 4. The van der Waals surface area contributed by atoms with Gasteiger partial charge in [0, 0.05) is 24.3 Å². The Balaban J connectivity index is 2.02. The molecule has 0 aromatic heterocycles. The molecule has 0 radical (unpaired) electrons. The van der Waals surface area contributed by atoms with E-state index in [-0.39, 0.29) is 18.2 Å². The summed E-state index contributed by atoms with van der Waals surface area (Å²) in [6.45, 7) is 0.315. The van der Waals surface area contributed by atoms with Gasteiger partial charge in [-0.3, -0.25) is 4.79 Å². The molecule has 1 aliphatic heterocycles. The monoisotopic (exact) mass is 248 g/mol. The second-order valence-electron chi connectivity index (χ2n) is 5.33. The Hall–Kier alpha value is -1.70. The van der Waals surface area contributed by atoms with Crippen LogP contribution in [0.5, 0.6) is 0 Å². The van der Waals surface area contributed by atoms with Crippen LogP contribution in [0.2, 0.25) is 0 Å². The van der Waals surface area contributed by atoms with Crippen LogP contribution in [0, 0.1) is 22.7 Å². The van der Waals surface area contributed by atoms with E-state index in [0.717, 1.165) is 31.8 Å². The van der Waals surface area contributed by atoms with E-state index >= 15 is 0 Å². The van der Waals surface area contributed by atoms with Crippen LogP contribution in [0.15, 0.2) is 0 Å². The van der Waals surface area contributed by atoms with Crippen molar-refractivity contribution in [3.05, 3.63) is 0 Å². The van der Waals surface area contributed by atoms with Gasteiger partial charge in [0.1, 0.15) is 18.6 Å². The minimum absolute atomic E-state index is 0.169. The first-order chi connectivity index (χ1) is 8.64. The van der Waals surface area contributed by atoms with Crippen LogP contribution in [-0.2, 0) is 14.4 Å². The van der Waals surface area contributed by atoms with Crippen molar-refractivity contribution in [3.63, 3.8) is 0 Å². The number of likely N-dealkylation sites (tertiary alicyclic amines) is 1. The summed E-state index contributed by atoms with van der Waals surface area (Å²) < 4.78 is 0. The molecule has 5 heteroatoms. The maximum absolute atomic E-state index is 12.1. The van der Waals surface area contributed by atoms with Crippen LogP contribution < -0.4 is 0 Å². The maximum Gasteiger partial charge on any atom is 0.224 e. The van der Waals surface area contributed by atoms with Crippen molar-refractivity contribution >= 4 is 18.5 Å². The van der Waals surface area contributed by atoms with Gasteiger partial charge in [-0.1, -0.05) is 6.42 Å². The zero-order chi connectivity index (χ0) is 13.2. The number of carbonyl (C=O) groups is 3. The molecule has 1 heterocycles. The van der Waals surface area contributed by atoms with Gasteiger partial charge in [-0.25, -0.2) is 0 Å². The van der Waals surface area contributed by atoms with E-state index in [1.54, 1.807) is 0 Å². The fourth-order valence-corrected chi connectivity index (χ4v) is 2.73. The van der Waals surface area contributed by atoms with E-state index < -0.39 is 11.5 Å². The number of hydrogen-bond donors (Lipinski definition) is 0. The Bertz CT molecular complexity index is 409. The topological polar surface area (TPSA) is 78.2 Å². The number of aldehydes is 2. The number of nitriles is 1. The summed E-state index contributed by atoms with van der Waals surface area (Å²) in [5.41, 5.74) is -0.504. The summed E-state index contributed by atoms with van der Waals surface area (Å²) in [5.74, 6) is -0.412. The van der Waals surface area contributed by atoms with Crippen LogP contribution in [0.3, 0.4) is 0 Å². The number of carbonyl (C=O) groups excluding carboxylic acids is 3. The quantitative estimate of drug-likeness (QED) is 0.685. The predicted molar refractivity (Wildman–Crippen MR) is 62.3 cm³/mol. The molecule has 0 spiro atoms. The predicted octanol–water partition coefficient (Wildman–Crippen LogP) is 0.685. The van der Waals surface area contributed by atoms with Gasteiger partial charge in [0.05, 0.1) is 6.07 Å². The van der Waals surface area contributed by atoms with Gasteiger partial charge in [-0.05, 0) is 19.3 Å². The first kappa shape index (κ1) is 12.7. The summed E-state index contributed by atoms with van der Waals surface area (Å²) in [6, 6.07) is 1.54. The molecule has 1 saturated carbocycles. The molecule has 2 rings (SSSR count). The average Bonchev–Trinajstić information content (AvgIpc) is 2.77. The Labute approximate surface area is 106 Å². The van der Waals surface area contributed by atoms with E-state index in [1.807, 2.05) is 0 Å². The van der Waals surface area contributed by atoms with E-state index in [9.17, 15) is 14.4 Å². The third kappa shape index (κ3) is 2.15. The minimum atomic E-state index is -0.517. The van der Waals surface area contributed by atoms with Crippen molar-refractivity contribution < 1.29 is 14.4 Å². The highest BCUT2D eigenvalue weighted by molar-refractivity contribution is 5.82. The number of amides is 1. The zero-order valence-corrected chi connectivity index (χ0v) is 10.2. The second-order valence-corrected chi connectivity index (χ2v) is 5.33. The van der Waals surface area contributed by atoms with Crippen LogP contribution in [0.25, 0.3) is 0 Å². The molecule has 96 valence electrons. The highest BCUT2D eigenvalue weighted by atomic mass is 16.2. The van der Waals surface area contributed by atoms with Crippen LogP contribution in [0.4, 0.5) is 0 Å². The molecule has 1 aliphatic carbocycles. The van der Waals surface area contributed by atoms with Gasteiger partial charge in [0.2, 0.25) is 5.91 Å². The Morgan fingerprint density at radius 3 is 2.61 bits per heavy atom. The van der Waals surface area contributed by atoms with Crippen molar-refractivity contribution in [3.8, 4) is 6.07 Å². The molecule has 1 amide bonds. The molecule has 2 atom stereocenters. The average molecular weight is 248 g/mol. The van der Waals surface area contributed by atoms with Gasteiger partial charge >= 0.3 is 0 Å². The Morgan fingerprint density at radius 1 is 1.44 bits per heavy atom. The maximum atomic E-state index is 12.1. The first-order valence-electron chi connectivity index (χ1n) is 6.25. The number of hydrogen-bond acceptors (Lipinski definition) is 4. The summed E-state index contributed by atoms with van der Waals surface area (Å²) in [7, 11) is 0. The van der Waals surface area contributed by atoms with Gasteiger partial charge in [0.15, 0.2) is 0 Å². The summed E-state index contributed by atoms with van der Waals surface area (Å²) in [4.78, 5) is 35.4. The van der Waals surface area contributed by atoms with Crippen molar-refractivity contribution in [2.45, 2.75) is 38.1 Å². The van der Waals surface area contributed by atoms with Crippen molar-refractivity contribution in [2.75, 3.05) is 6.54 Å². The van der Waals surface area contributed by atoms with Gasteiger partial charge < -0.3 is 14.5 Å². The highest BCUT2D eigenvalue weighted by Crippen LogP contribution is 2.42. The number of nitrogens with zero attached hydrogens (tertiary/aromatic N) is 2. The lowest BCUT2D eigenvalue weighted by atomic mass is 9.67. The van der Waals surface area contributed by atoms with E-state index in [0.29, 0.717) is 13.0 Å². The lowest BCUT2D eigenvalue weighted by Crippen LogP contribution is -2.41. The summed E-state index contributed by atoms with van der Waals surface area (Å²) in [6.07, 6.45) is 4.76. The third-order valence-electron chi connectivity index (χ3n) is 4.10. The Morgan fingerprint density at radius 2 is 2.17 bits per heavy atom. The molecule has 2 aliphatic rings. The molecule has 0 N–H and O–H groups in total. The molecular formula is C13H16N2O3. The molecule has 2 unspecified atom stereocenters. The van der Waals surface area contributed by atoms with Crippen LogP contribution in [-0.4, -0.2) is 36.0 Å². The molecule has 0 bridgehead atoms. The lowest BCUT2D eigenvalue weighted by Gasteiger charge is -2.37. The fraction of sp³-hybridized carbons (Fsp3) is 0.692. The second kappa shape index (κ2) is 4.89. The molecule has 1 saturated heterocycles.